The van der Waals surface area contributed by atoms with Crippen LogP contribution in [0.2, 0.25) is 0 Å². The van der Waals surface area contributed by atoms with Crippen molar-refractivity contribution in [3.8, 4) is 0 Å². The lowest BCUT2D eigenvalue weighted by molar-refractivity contribution is -0.121. The zero-order valence-corrected chi connectivity index (χ0v) is 14.5. The van der Waals surface area contributed by atoms with Gasteiger partial charge in [-0.15, -0.1) is 0 Å². The SMILES string of the molecule is CNC(=O)CC[C@H]1[C@@H](OC)CCCN1C(=O)c1cccc(NC)n1. The summed E-state index contributed by atoms with van der Waals surface area (Å²) in [6, 6.07) is 5.22. The van der Waals surface area contributed by atoms with Gasteiger partial charge in [-0.05, 0) is 31.4 Å². The van der Waals surface area contributed by atoms with E-state index < -0.39 is 0 Å². The summed E-state index contributed by atoms with van der Waals surface area (Å²) in [6.45, 7) is 0.655. The first-order chi connectivity index (χ1) is 11.6. The van der Waals surface area contributed by atoms with Gasteiger partial charge in [0.2, 0.25) is 5.91 Å². The number of carbonyl (C=O) groups excluding carboxylic acids is 2. The van der Waals surface area contributed by atoms with E-state index in [2.05, 4.69) is 15.6 Å². The van der Waals surface area contributed by atoms with Crippen LogP contribution < -0.4 is 10.6 Å². The second-order valence-electron chi connectivity index (χ2n) is 5.85. The summed E-state index contributed by atoms with van der Waals surface area (Å²) in [4.78, 5) is 30.7. The molecule has 1 aliphatic rings. The molecule has 2 rings (SSSR count). The van der Waals surface area contributed by atoms with Crippen LogP contribution in [-0.4, -0.2) is 61.6 Å². The number of hydrogen-bond donors (Lipinski definition) is 2. The lowest BCUT2D eigenvalue weighted by Gasteiger charge is -2.40. The topological polar surface area (TPSA) is 83.6 Å². The van der Waals surface area contributed by atoms with Crippen LogP contribution in [0.4, 0.5) is 5.82 Å². The molecule has 0 unspecified atom stereocenters. The van der Waals surface area contributed by atoms with Gasteiger partial charge in [0.15, 0.2) is 0 Å². The summed E-state index contributed by atoms with van der Waals surface area (Å²) >= 11 is 0. The van der Waals surface area contributed by atoms with Crippen LogP contribution in [0.3, 0.4) is 0 Å². The van der Waals surface area contributed by atoms with Gasteiger partial charge in [0.1, 0.15) is 11.5 Å². The molecule has 0 saturated carbocycles. The number of carbonyl (C=O) groups is 2. The molecular formula is C17H26N4O3. The third-order valence-corrected chi connectivity index (χ3v) is 4.45. The van der Waals surface area contributed by atoms with E-state index in [-0.39, 0.29) is 24.0 Å². The fourth-order valence-electron chi connectivity index (χ4n) is 3.13. The molecule has 0 spiro atoms. The van der Waals surface area contributed by atoms with Crippen molar-refractivity contribution in [1.82, 2.24) is 15.2 Å². The van der Waals surface area contributed by atoms with Crippen LogP contribution in [0.1, 0.15) is 36.2 Å². The average Bonchev–Trinajstić information content (AvgIpc) is 2.65. The van der Waals surface area contributed by atoms with Gasteiger partial charge < -0.3 is 20.3 Å². The highest BCUT2D eigenvalue weighted by atomic mass is 16.5. The maximum atomic E-state index is 12.9. The summed E-state index contributed by atoms with van der Waals surface area (Å²) in [7, 11) is 5.04. The highest BCUT2D eigenvalue weighted by molar-refractivity contribution is 5.93. The molecule has 132 valence electrons. The lowest BCUT2D eigenvalue weighted by atomic mass is 9.94. The normalized spacial score (nSPS) is 20.5. The van der Waals surface area contributed by atoms with Gasteiger partial charge in [-0.2, -0.15) is 0 Å². The number of rotatable bonds is 6. The lowest BCUT2D eigenvalue weighted by Crippen LogP contribution is -2.52. The average molecular weight is 334 g/mol. The number of aromatic nitrogens is 1. The van der Waals surface area contributed by atoms with Crippen LogP contribution in [0.25, 0.3) is 0 Å². The number of nitrogens with zero attached hydrogens (tertiary/aromatic N) is 2. The Labute approximate surface area is 142 Å². The molecule has 1 aromatic rings. The Bertz CT molecular complexity index is 579. The highest BCUT2D eigenvalue weighted by Crippen LogP contribution is 2.25. The molecule has 0 radical (unpaired) electrons. The van der Waals surface area contributed by atoms with Crippen LogP contribution in [-0.2, 0) is 9.53 Å². The van der Waals surface area contributed by atoms with Crippen molar-refractivity contribution < 1.29 is 14.3 Å². The molecule has 24 heavy (non-hydrogen) atoms. The molecule has 2 heterocycles. The number of ether oxygens (including phenoxy) is 1. The Kier molecular flexibility index (Phi) is 6.54. The van der Waals surface area contributed by atoms with E-state index in [9.17, 15) is 9.59 Å². The van der Waals surface area contributed by atoms with E-state index in [4.69, 9.17) is 4.74 Å². The van der Waals surface area contributed by atoms with Gasteiger partial charge in [-0.3, -0.25) is 9.59 Å². The zero-order valence-electron chi connectivity index (χ0n) is 14.5. The largest absolute Gasteiger partial charge is 0.379 e. The fraction of sp³-hybridized carbons (Fsp3) is 0.588. The van der Waals surface area contributed by atoms with Gasteiger partial charge in [0.05, 0.1) is 12.1 Å². The number of piperidine rings is 1. The monoisotopic (exact) mass is 334 g/mol. The molecule has 1 saturated heterocycles. The van der Waals surface area contributed by atoms with Crippen LogP contribution >= 0.6 is 0 Å². The fourth-order valence-corrected chi connectivity index (χ4v) is 3.13. The Morgan fingerprint density at radius 2 is 2.17 bits per heavy atom. The summed E-state index contributed by atoms with van der Waals surface area (Å²) in [6.07, 6.45) is 2.67. The Morgan fingerprint density at radius 3 is 2.83 bits per heavy atom. The van der Waals surface area contributed by atoms with E-state index in [1.54, 1.807) is 27.3 Å². The molecule has 1 aliphatic heterocycles. The number of pyridine rings is 1. The zero-order chi connectivity index (χ0) is 17.5. The third-order valence-electron chi connectivity index (χ3n) is 4.45. The molecule has 7 nitrogen and oxygen atoms in total. The summed E-state index contributed by atoms with van der Waals surface area (Å²) in [5.74, 6) is 0.511. The van der Waals surface area contributed by atoms with Crippen LogP contribution in [0.15, 0.2) is 18.2 Å². The number of likely N-dealkylation sites (tertiary alicyclic amines) is 1. The molecule has 2 amide bonds. The van der Waals surface area contributed by atoms with Crippen LogP contribution in [0, 0.1) is 0 Å². The van der Waals surface area contributed by atoms with Crippen molar-refractivity contribution >= 4 is 17.6 Å². The van der Waals surface area contributed by atoms with E-state index in [1.807, 2.05) is 17.0 Å². The van der Waals surface area contributed by atoms with Gasteiger partial charge in [-0.25, -0.2) is 4.98 Å². The minimum Gasteiger partial charge on any atom is -0.379 e. The summed E-state index contributed by atoms with van der Waals surface area (Å²) in [5.41, 5.74) is 0.406. The van der Waals surface area contributed by atoms with Crippen molar-refractivity contribution in [2.45, 2.75) is 37.8 Å². The molecule has 0 bridgehead atoms. The summed E-state index contributed by atoms with van der Waals surface area (Å²) < 4.78 is 5.57. The molecule has 0 aromatic carbocycles. The first kappa shape index (κ1) is 18.2. The number of amides is 2. The second-order valence-corrected chi connectivity index (χ2v) is 5.85. The van der Waals surface area contributed by atoms with E-state index in [0.717, 1.165) is 12.8 Å². The quantitative estimate of drug-likeness (QED) is 0.818. The molecule has 1 fully saturated rings. The predicted molar refractivity (Wildman–Crippen MR) is 91.9 cm³/mol. The number of hydrogen-bond acceptors (Lipinski definition) is 5. The molecule has 1 aromatic heterocycles. The number of methoxy groups -OCH3 is 1. The van der Waals surface area contributed by atoms with Crippen molar-refractivity contribution in [3.63, 3.8) is 0 Å². The van der Waals surface area contributed by atoms with E-state index in [0.29, 0.717) is 30.9 Å². The van der Waals surface area contributed by atoms with E-state index in [1.165, 1.54) is 0 Å². The van der Waals surface area contributed by atoms with Gasteiger partial charge in [0.25, 0.3) is 5.91 Å². The third kappa shape index (κ3) is 4.23. The second kappa shape index (κ2) is 8.63. The van der Waals surface area contributed by atoms with Gasteiger partial charge in [-0.1, -0.05) is 6.07 Å². The smallest absolute Gasteiger partial charge is 0.272 e. The van der Waals surface area contributed by atoms with Crippen LogP contribution in [0.5, 0.6) is 0 Å². The number of anilines is 1. The molecule has 0 aliphatic carbocycles. The van der Waals surface area contributed by atoms with Gasteiger partial charge in [0, 0.05) is 34.2 Å². The maximum absolute atomic E-state index is 12.9. The predicted octanol–water partition coefficient (Wildman–Crippen LogP) is 1.27. The minimum atomic E-state index is -0.117. The Morgan fingerprint density at radius 1 is 1.38 bits per heavy atom. The maximum Gasteiger partial charge on any atom is 0.272 e. The molecule has 7 heteroatoms. The minimum absolute atomic E-state index is 0.0295. The van der Waals surface area contributed by atoms with Crippen molar-refractivity contribution in [2.24, 2.45) is 0 Å². The Hall–Kier alpha value is -2.15. The van der Waals surface area contributed by atoms with E-state index >= 15 is 0 Å². The molecule has 2 atom stereocenters. The summed E-state index contributed by atoms with van der Waals surface area (Å²) in [5, 5.41) is 5.57. The first-order valence-corrected chi connectivity index (χ1v) is 8.29. The standard InChI is InChI=1S/C17H26N4O3/c1-18-15-8-4-6-12(20-15)17(23)21-11-5-7-14(24-3)13(21)9-10-16(22)19-2/h4,6,8,13-14H,5,7,9-11H2,1-3H3,(H,18,20)(H,19,22)/t13-,14-/m0/s1. The first-order valence-electron chi connectivity index (χ1n) is 8.29. The Balaban J connectivity index is 2.19. The highest BCUT2D eigenvalue weighted by Gasteiger charge is 2.35. The van der Waals surface area contributed by atoms with Crippen molar-refractivity contribution in [3.05, 3.63) is 23.9 Å². The van der Waals surface area contributed by atoms with Crippen molar-refractivity contribution in [1.29, 1.82) is 0 Å². The molecular weight excluding hydrogens is 308 g/mol. The molecule has 2 N–H and O–H groups in total. The van der Waals surface area contributed by atoms with Crippen molar-refractivity contribution in [2.75, 3.05) is 33.1 Å². The number of nitrogens with one attached hydrogen (secondary N) is 2. The van der Waals surface area contributed by atoms with Gasteiger partial charge >= 0.3 is 0 Å².